The topological polar surface area (TPSA) is 30.2 Å². The molecule has 34 heavy (non-hydrogen) atoms. The minimum Gasteiger partial charge on any atom is -0.290 e. The van der Waals surface area contributed by atoms with E-state index in [2.05, 4.69) is 103 Å². The van der Waals surface area contributed by atoms with Gasteiger partial charge in [0.1, 0.15) is 5.65 Å². The first-order valence-corrected chi connectivity index (χ1v) is 11.8. The van der Waals surface area contributed by atoms with Crippen LogP contribution in [0.3, 0.4) is 0 Å². The van der Waals surface area contributed by atoms with Crippen molar-refractivity contribution in [2.24, 2.45) is 0 Å². The van der Waals surface area contributed by atoms with Crippen LogP contribution in [0, 0.1) is 0 Å². The number of aromatic nitrogens is 3. The minimum absolute atomic E-state index is 0.413. The van der Waals surface area contributed by atoms with Crippen LogP contribution in [0.2, 0.25) is 0 Å². The Balaban J connectivity index is 1.68. The van der Waals surface area contributed by atoms with E-state index in [-0.39, 0.29) is 0 Å². The van der Waals surface area contributed by atoms with Crippen LogP contribution in [0.5, 0.6) is 0 Å². The number of benzene rings is 4. The summed E-state index contributed by atoms with van der Waals surface area (Å²) in [5.41, 5.74) is 7.60. The van der Waals surface area contributed by atoms with E-state index in [1.54, 1.807) is 0 Å². The van der Waals surface area contributed by atoms with Crippen molar-refractivity contribution in [3.8, 4) is 11.3 Å². The van der Waals surface area contributed by atoms with Gasteiger partial charge >= 0.3 is 0 Å². The van der Waals surface area contributed by atoms with Crippen LogP contribution in [-0.2, 0) is 0 Å². The lowest BCUT2D eigenvalue weighted by atomic mass is 9.92. The van der Waals surface area contributed by atoms with Gasteiger partial charge in [-0.15, -0.1) is 0 Å². The summed E-state index contributed by atoms with van der Waals surface area (Å²) >= 11 is 0. The first-order chi connectivity index (χ1) is 16.7. The molecule has 0 aliphatic carbocycles. The summed E-state index contributed by atoms with van der Waals surface area (Å²) in [6.45, 7) is 4.51. The third-order valence-electron chi connectivity index (χ3n) is 6.96. The first kappa shape index (κ1) is 19.2. The van der Waals surface area contributed by atoms with Gasteiger partial charge in [0.05, 0.1) is 22.2 Å². The molecule has 162 valence electrons. The number of para-hydroxylation sites is 1. The molecule has 0 spiro atoms. The van der Waals surface area contributed by atoms with Crippen LogP contribution < -0.4 is 0 Å². The molecule has 7 rings (SSSR count). The zero-order valence-electron chi connectivity index (χ0n) is 19.2. The second kappa shape index (κ2) is 7.13. The highest BCUT2D eigenvalue weighted by atomic mass is 15.0. The zero-order chi connectivity index (χ0) is 22.8. The van der Waals surface area contributed by atoms with Gasteiger partial charge in [-0.2, -0.15) is 0 Å². The van der Waals surface area contributed by atoms with Crippen molar-refractivity contribution in [2.45, 2.75) is 19.8 Å². The molecule has 3 nitrogen and oxygen atoms in total. The Hall–Kier alpha value is -4.24. The number of hydrogen-bond acceptors (Lipinski definition) is 2. The molecule has 4 aromatic carbocycles. The fourth-order valence-corrected chi connectivity index (χ4v) is 5.41. The van der Waals surface area contributed by atoms with Crippen molar-refractivity contribution in [2.75, 3.05) is 0 Å². The average molecular weight is 438 g/mol. The second-order valence-corrected chi connectivity index (χ2v) is 9.30. The standard InChI is InChI=1S/C31H23N3/c1-19(2)26-18-21(17-20-9-3-4-10-22(20)26)29-30-27(15-16-32-29)33-31-25-13-6-5-11-23(25)24-12-7-8-14-28(24)34(30)31/h3-19H,1-2H3. The van der Waals surface area contributed by atoms with E-state index < -0.39 is 0 Å². The summed E-state index contributed by atoms with van der Waals surface area (Å²) in [6, 6.07) is 32.4. The minimum atomic E-state index is 0.413. The van der Waals surface area contributed by atoms with E-state index in [9.17, 15) is 0 Å². The predicted molar refractivity (Wildman–Crippen MR) is 143 cm³/mol. The summed E-state index contributed by atoms with van der Waals surface area (Å²) in [5, 5.41) is 6.16. The van der Waals surface area contributed by atoms with Gasteiger partial charge in [-0.25, -0.2) is 4.98 Å². The normalized spacial score (nSPS) is 12.1. The summed E-state index contributed by atoms with van der Waals surface area (Å²) in [5.74, 6) is 0.413. The predicted octanol–water partition coefficient (Wildman–Crippen LogP) is 8.13. The van der Waals surface area contributed by atoms with Gasteiger partial charge in [-0.1, -0.05) is 80.6 Å². The van der Waals surface area contributed by atoms with Crippen molar-refractivity contribution >= 4 is 49.1 Å². The monoisotopic (exact) mass is 437 g/mol. The number of hydrogen-bond donors (Lipinski definition) is 0. The lowest BCUT2D eigenvalue weighted by Gasteiger charge is -2.14. The maximum absolute atomic E-state index is 5.12. The smallest absolute Gasteiger partial charge is 0.146 e. The molecule has 0 amide bonds. The van der Waals surface area contributed by atoms with E-state index in [1.807, 2.05) is 12.3 Å². The molecule has 0 aliphatic rings. The number of nitrogens with zero attached hydrogens (tertiary/aromatic N) is 3. The van der Waals surface area contributed by atoms with Crippen molar-refractivity contribution in [3.05, 3.63) is 103 Å². The largest absolute Gasteiger partial charge is 0.290 e. The molecule has 3 aromatic heterocycles. The molecule has 0 bridgehead atoms. The van der Waals surface area contributed by atoms with Crippen molar-refractivity contribution < 1.29 is 0 Å². The summed E-state index contributed by atoms with van der Waals surface area (Å²) in [7, 11) is 0. The molecule has 0 N–H and O–H groups in total. The second-order valence-electron chi connectivity index (χ2n) is 9.30. The van der Waals surface area contributed by atoms with E-state index >= 15 is 0 Å². The van der Waals surface area contributed by atoms with Gasteiger partial charge in [-0.05, 0) is 51.9 Å². The van der Waals surface area contributed by atoms with Gasteiger partial charge < -0.3 is 0 Å². The highest BCUT2D eigenvalue weighted by Gasteiger charge is 2.18. The summed E-state index contributed by atoms with van der Waals surface area (Å²) in [4.78, 5) is 10.1. The summed E-state index contributed by atoms with van der Waals surface area (Å²) in [6.07, 6.45) is 1.89. The summed E-state index contributed by atoms with van der Waals surface area (Å²) < 4.78 is 2.31. The van der Waals surface area contributed by atoms with Crippen LogP contribution in [-0.4, -0.2) is 14.4 Å². The van der Waals surface area contributed by atoms with Crippen LogP contribution in [0.15, 0.2) is 97.2 Å². The highest BCUT2D eigenvalue weighted by molar-refractivity contribution is 6.14. The number of pyridine rings is 2. The average Bonchev–Trinajstić information content (AvgIpc) is 3.28. The van der Waals surface area contributed by atoms with Gasteiger partial charge in [0.25, 0.3) is 0 Å². The first-order valence-electron chi connectivity index (χ1n) is 11.8. The number of rotatable bonds is 2. The maximum Gasteiger partial charge on any atom is 0.146 e. The van der Waals surface area contributed by atoms with Crippen LogP contribution in [0.25, 0.3) is 60.4 Å². The van der Waals surface area contributed by atoms with Crippen LogP contribution in [0.4, 0.5) is 0 Å². The molecule has 0 aliphatic heterocycles. The van der Waals surface area contributed by atoms with Crippen LogP contribution >= 0.6 is 0 Å². The van der Waals surface area contributed by atoms with Gasteiger partial charge in [-0.3, -0.25) is 9.38 Å². The molecule has 7 aromatic rings. The molecule has 0 atom stereocenters. The molecule has 3 heterocycles. The molecular formula is C31H23N3. The Morgan fingerprint density at radius 2 is 1.41 bits per heavy atom. The molecule has 0 unspecified atom stereocenters. The maximum atomic E-state index is 5.12. The van der Waals surface area contributed by atoms with E-state index in [0.717, 1.165) is 38.8 Å². The van der Waals surface area contributed by atoms with Gasteiger partial charge in [0.2, 0.25) is 0 Å². The highest BCUT2D eigenvalue weighted by Crippen LogP contribution is 2.37. The van der Waals surface area contributed by atoms with Gasteiger partial charge in [0, 0.05) is 22.5 Å². The molecule has 0 saturated heterocycles. The van der Waals surface area contributed by atoms with Crippen molar-refractivity contribution in [1.82, 2.24) is 14.4 Å². The molecule has 0 saturated carbocycles. The third kappa shape index (κ3) is 2.64. The SMILES string of the molecule is CC(C)c1cc(-c2nccc3nc4c5ccccc5c5ccccc5n4c23)cc2ccccc12. The van der Waals surface area contributed by atoms with Crippen molar-refractivity contribution in [3.63, 3.8) is 0 Å². The Morgan fingerprint density at radius 1 is 0.706 bits per heavy atom. The molecule has 0 fully saturated rings. The Bertz CT molecular complexity index is 1890. The Kier molecular flexibility index (Phi) is 4.04. The quantitative estimate of drug-likeness (QED) is 0.256. The molecule has 0 radical (unpaired) electrons. The number of imidazole rings is 1. The third-order valence-corrected chi connectivity index (χ3v) is 6.96. The van der Waals surface area contributed by atoms with Gasteiger partial charge in [0.15, 0.2) is 0 Å². The van der Waals surface area contributed by atoms with Crippen LogP contribution in [0.1, 0.15) is 25.3 Å². The lowest BCUT2D eigenvalue weighted by molar-refractivity contribution is 0.876. The lowest BCUT2D eigenvalue weighted by Crippen LogP contribution is -1.96. The van der Waals surface area contributed by atoms with Crippen molar-refractivity contribution in [1.29, 1.82) is 0 Å². The van der Waals surface area contributed by atoms with E-state index in [0.29, 0.717) is 5.92 Å². The zero-order valence-corrected chi connectivity index (χ0v) is 19.2. The number of fused-ring (bicyclic) bond motifs is 9. The Morgan fingerprint density at radius 3 is 2.24 bits per heavy atom. The fourth-order valence-electron chi connectivity index (χ4n) is 5.41. The van der Waals surface area contributed by atoms with E-state index in [1.165, 1.54) is 27.1 Å². The fraction of sp³-hybridized carbons (Fsp3) is 0.0968. The molecular weight excluding hydrogens is 414 g/mol. The molecule has 3 heteroatoms. The van der Waals surface area contributed by atoms with E-state index in [4.69, 9.17) is 9.97 Å². The Labute approximate surface area is 197 Å².